The van der Waals surface area contributed by atoms with E-state index in [1.54, 1.807) is 0 Å². The van der Waals surface area contributed by atoms with Crippen molar-refractivity contribution in [2.45, 2.75) is 6.42 Å². The molecule has 1 aliphatic carbocycles. The van der Waals surface area contributed by atoms with Gasteiger partial charge in [0.2, 0.25) is 0 Å². The summed E-state index contributed by atoms with van der Waals surface area (Å²) in [5, 5.41) is 2.68. The van der Waals surface area contributed by atoms with Crippen LogP contribution in [0.1, 0.15) is 16.7 Å². The topological polar surface area (TPSA) is 0 Å². The fourth-order valence-electron chi connectivity index (χ4n) is 3.22. The number of hydrogen-bond acceptors (Lipinski definition) is 0. The molecule has 0 nitrogen and oxygen atoms in total. The summed E-state index contributed by atoms with van der Waals surface area (Å²) in [5.74, 6) is 0. The van der Waals surface area contributed by atoms with Crippen LogP contribution in [0.3, 0.4) is 0 Å². The van der Waals surface area contributed by atoms with Gasteiger partial charge < -0.3 is 0 Å². The van der Waals surface area contributed by atoms with Crippen LogP contribution < -0.4 is 0 Å². The number of fused-ring (bicyclic) bond motifs is 5. The van der Waals surface area contributed by atoms with Crippen molar-refractivity contribution in [3.05, 3.63) is 77.9 Å². The van der Waals surface area contributed by atoms with Gasteiger partial charge in [-0.05, 0) is 45.0 Å². The number of benzene rings is 3. The minimum Gasteiger partial charge on any atom is -0.0984 e. The molecule has 90 valence electrons. The van der Waals surface area contributed by atoms with Crippen LogP contribution in [0.2, 0.25) is 0 Å². The van der Waals surface area contributed by atoms with Crippen molar-refractivity contribution in [1.82, 2.24) is 0 Å². The lowest BCUT2D eigenvalue weighted by atomic mass is 9.95. The highest BCUT2D eigenvalue weighted by molar-refractivity contribution is 5.99. The fraction of sp³-hybridized carbons (Fsp3) is 0.0526. The van der Waals surface area contributed by atoms with Crippen molar-refractivity contribution in [1.29, 1.82) is 0 Å². The van der Waals surface area contributed by atoms with E-state index in [-0.39, 0.29) is 0 Å². The second-order valence-electron chi connectivity index (χ2n) is 5.08. The van der Waals surface area contributed by atoms with Crippen LogP contribution in [0.4, 0.5) is 0 Å². The average molecular weight is 242 g/mol. The SMILES string of the molecule is C=Cc1cccc2ccc3c(c12)Cc1ccccc1-3. The van der Waals surface area contributed by atoms with E-state index in [9.17, 15) is 0 Å². The van der Waals surface area contributed by atoms with Crippen LogP contribution in [0.15, 0.2) is 61.2 Å². The summed E-state index contributed by atoms with van der Waals surface area (Å²) in [6.07, 6.45) is 3.00. The minimum atomic E-state index is 1.04. The van der Waals surface area contributed by atoms with Crippen molar-refractivity contribution in [2.75, 3.05) is 0 Å². The Balaban J connectivity index is 2.13. The van der Waals surface area contributed by atoms with Crippen LogP contribution >= 0.6 is 0 Å². The zero-order valence-corrected chi connectivity index (χ0v) is 10.7. The van der Waals surface area contributed by atoms with Crippen LogP contribution in [0.5, 0.6) is 0 Å². The van der Waals surface area contributed by atoms with Gasteiger partial charge in [0.25, 0.3) is 0 Å². The summed E-state index contributed by atoms with van der Waals surface area (Å²) < 4.78 is 0. The second kappa shape index (κ2) is 3.83. The Kier molecular flexibility index (Phi) is 2.13. The molecular formula is C19H14. The molecule has 3 aromatic rings. The maximum Gasteiger partial charge on any atom is -0.000707 e. The fourth-order valence-corrected chi connectivity index (χ4v) is 3.22. The van der Waals surface area contributed by atoms with Crippen molar-refractivity contribution >= 4 is 16.8 Å². The summed E-state index contributed by atoms with van der Waals surface area (Å²) in [5.41, 5.74) is 6.90. The molecule has 0 fully saturated rings. The molecule has 0 atom stereocenters. The van der Waals surface area contributed by atoms with Gasteiger partial charge >= 0.3 is 0 Å². The quantitative estimate of drug-likeness (QED) is 0.438. The molecule has 0 saturated heterocycles. The van der Waals surface area contributed by atoms with Gasteiger partial charge in [0.1, 0.15) is 0 Å². The molecule has 0 bridgehead atoms. The van der Waals surface area contributed by atoms with Gasteiger partial charge in [-0.15, -0.1) is 0 Å². The third-order valence-electron chi connectivity index (χ3n) is 4.08. The van der Waals surface area contributed by atoms with Crippen LogP contribution in [0.25, 0.3) is 28.0 Å². The Morgan fingerprint density at radius 2 is 1.74 bits per heavy atom. The van der Waals surface area contributed by atoms with E-state index in [2.05, 4.69) is 61.2 Å². The molecule has 0 heterocycles. The molecule has 0 spiro atoms. The first-order chi connectivity index (χ1) is 9.38. The van der Waals surface area contributed by atoms with Crippen LogP contribution in [-0.4, -0.2) is 0 Å². The van der Waals surface area contributed by atoms with Gasteiger partial charge in [-0.1, -0.05) is 67.3 Å². The third-order valence-corrected chi connectivity index (χ3v) is 4.08. The van der Waals surface area contributed by atoms with Crippen molar-refractivity contribution in [3.63, 3.8) is 0 Å². The van der Waals surface area contributed by atoms with Gasteiger partial charge in [0.15, 0.2) is 0 Å². The molecule has 0 N–H and O–H groups in total. The largest absolute Gasteiger partial charge is 0.0984 e. The molecule has 19 heavy (non-hydrogen) atoms. The van der Waals surface area contributed by atoms with Crippen molar-refractivity contribution < 1.29 is 0 Å². The maximum absolute atomic E-state index is 3.96. The highest BCUT2D eigenvalue weighted by Gasteiger charge is 2.20. The first kappa shape index (κ1) is 10.6. The van der Waals surface area contributed by atoms with Gasteiger partial charge in [0, 0.05) is 0 Å². The Hall–Kier alpha value is -2.34. The normalized spacial score (nSPS) is 12.2. The predicted octanol–water partition coefficient (Wildman–Crippen LogP) is 5.05. The number of rotatable bonds is 1. The molecule has 4 rings (SSSR count). The van der Waals surface area contributed by atoms with E-state index in [0.717, 1.165) is 6.42 Å². The molecule has 0 saturated carbocycles. The third kappa shape index (κ3) is 1.40. The zero-order chi connectivity index (χ0) is 12.8. The predicted molar refractivity (Wildman–Crippen MR) is 82.3 cm³/mol. The smallest absolute Gasteiger partial charge is 0.000707 e. The Bertz CT molecular complexity index is 809. The molecule has 0 unspecified atom stereocenters. The molecule has 0 radical (unpaired) electrons. The maximum atomic E-state index is 3.96. The van der Waals surface area contributed by atoms with Crippen molar-refractivity contribution in [2.24, 2.45) is 0 Å². The van der Waals surface area contributed by atoms with E-state index in [1.165, 1.54) is 38.6 Å². The Morgan fingerprint density at radius 3 is 2.63 bits per heavy atom. The minimum absolute atomic E-state index is 1.04. The van der Waals surface area contributed by atoms with E-state index in [4.69, 9.17) is 0 Å². The Labute approximate surface area is 113 Å². The highest BCUT2D eigenvalue weighted by Crippen LogP contribution is 2.41. The van der Waals surface area contributed by atoms with Gasteiger partial charge in [-0.2, -0.15) is 0 Å². The molecule has 0 amide bonds. The lowest BCUT2D eigenvalue weighted by molar-refractivity contribution is 1.28. The average Bonchev–Trinajstić information content (AvgIpc) is 2.85. The summed E-state index contributed by atoms with van der Waals surface area (Å²) in [6, 6.07) is 19.6. The van der Waals surface area contributed by atoms with Gasteiger partial charge in [-0.3, -0.25) is 0 Å². The molecule has 0 heteroatoms. The van der Waals surface area contributed by atoms with E-state index in [0.29, 0.717) is 0 Å². The van der Waals surface area contributed by atoms with Gasteiger partial charge in [0.05, 0.1) is 0 Å². The summed E-state index contributed by atoms with van der Waals surface area (Å²) >= 11 is 0. The highest BCUT2D eigenvalue weighted by atomic mass is 14.2. The summed E-state index contributed by atoms with van der Waals surface area (Å²) in [4.78, 5) is 0. The monoisotopic (exact) mass is 242 g/mol. The summed E-state index contributed by atoms with van der Waals surface area (Å²) in [7, 11) is 0. The standard InChI is InChI=1S/C19H14/c1-2-13-7-5-8-14-10-11-17-16-9-4-3-6-15(16)12-18(17)19(13)14/h2-11H,1,12H2. The van der Waals surface area contributed by atoms with Crippen LogP contribution in [-0.2, 0) is 6.42 Å². The Morgan fingerprint density at radius 1 is 0.842 bits per heavy atom. The van der Waals surface area contributed by atoms with Crippen LogP contribution in [0, 0.1) is 0 Å². The molecule has 0 aliphatic heterocycles. The van der Waals surface area contributed by atoms with E-state index >= 15 is 0 Å². The molecule has 1 aliphatic rings. The second-order valence-corrected chi connectivity index (χ2v) is 5.08. The zero-order valence-electron chi connectivity index (χ0n) is 10.7. The molecule has 0 aromatic heterocycles. The first-order valence-corrected chi connectivity index (χ1v) is 6.64. The van der Waals surface area contributed by atoms with E-state index in [1.807, 2.05) is 6.08 Å². The van der Waals surface area contributed by atoms with E-state index < -0.39 is 0 Å². The number of hydrogen-bond donors (Lipinski definition) is 0. The molecular weight excluding hydrogens is 228 g/mol. The molecule has 3 aromatic carbocycles. The summed E-state index contributed by atoms with van der Waals surface area (Å²) in [6.45, 7) is 3.96. The lowest BCUT2D eigenvalue weighted by Gasteiger charge is -2.08. The van der Waals surface area contributed by atoms with Crippen molar-refractivity contribution in [3.8, 4) is 11.1 Å². The first-order valence-electron chi connectivity index (χ1n) is 6.64. The lowest BCUT2D eigenvalue weighted by Crippen LogP contribution is -1.87. The van der Waals surface area contributed by atoms with Gasteiger partial charge in [-0.25, -0.2) is 0 Å².